The van der Waals surface area contributed by atoms with Gasteiger partial charge in [0.05, 0.1) is 12.2 Å². The molecule has 0 radical (unpaired) electrons. The Morgan fingerprint density at radius 3 is 2.82 bits per heavy atom. The van der Waals surface area contributed by atoms with Gasteiger partial charge in [-0.05, 0) is 26.0 Å². The average Bonchev–Trinajstić information content (AvgIpc) is 2.59. The van der Waals surface area contributed by atoms with E-state index in [1.54, 1.807) is 0 Å². The highest BCUT2D eigenvalue weighted by Gasteiger charge is 2.35. The monoisotopic (exact) mass is 258 g/mol. The lowest BCUT2D eigenvalue weighted by Gasteiger charge is -2.22. The second kappa shape index (κ2) is 7.27. The standard InChI is InChI=1S/C13H26N2OS/c1-5-6-7-12-13(16)15(11(3)14-12)9-8-10(2)17-4/h10-12,14H,5-9H2,1-4H3. The average molecular weight is 258 g/mol. The molecule has 0 spiro atoms. The molecule has 0 aromatic heterocycles. The number of nitrogens with one attached hydrogen (secondary N) is 1. The van der Waals surface area contributed by atoms with Gasteiger partial charge in [0.2, 0.25) is 5.91 Å². The van der Waals surface area contributed by atoms with Gasteiger partial charge in [-0.15, -0.1) is 0 Å². The number of rotatable bonds is 7. The van der Waals surface area contributed by atoms with E-state index in [0.717, 1.165) is 32.2 Å². The lowest BCUT2D eigenvalue weighted by molar-refractivity contribution is -0.130. The molecule has 1 fully saturated rings. The van der Waals surface area contributed by atoms with Gasteiger partial charge in [0.15, 0.2) is 0 Å². The van der Waals surface area contributed by atoms with Crippen LogP contribution < -0.4 is 5.32 Å². The molecule has 1 rings (SSSR count). The maximum absolute atomic E-state index is 12.2. The van der Waals surface area contributed by atoms with Crippen LogP contribution in [0.2, 0.25) is 0 Å². The summed E-state index contributed by atoms with van der Waals surface area (Å²) in [7, 11) is 0. The van der Waals surface area contributed by atoms with Crippen LogP contribution in [0.15, 0.2) is 0 Å². The number of hydrogen-bond donors (Lipinski definition) is 1. The first-order valence-electron chi connectivity index (χ1n) is 6.69. The molecule has 1 aliphatic rings. The number of carbonyl (C=O) groups is 1. The SMILES string of the molecule is CCCCC1NC(C)N(CCC(C)SC)C1=O. The molecule has 0 aromatic rings. The summed E-state index contributed by atoms with van der Waals surface area (Å²) >= 11 is 1.87. The van der Waals surface area contributed by atoms with Gasteiger partial charge in [-0.1, -0.05) is 26.7 Å². The van der Waals surface area contributed by atoms with E-state index in [1.807, 2.05) is 16.7 Å². The predicted molar refractivity (Wildman–Crippen MR) is 75.2 cm³/mol. The minimum atomic E-state index is 0.0644. The highest BCUT2D eigenvalue weighted by Crippen LogP contribution is 2.18. The molecule has 3 unspecified atom stereocenters. The summed E-state index contributed by atoms with van der Waals surface area (Å²) in [6.45, 7) is 7.36. The summed E-state index contributed by atoms with van der Waals surface area (Å²) in [5, 5.41) is 4.03. The van der Waals surface area contributed by atoms with Crippen molar-refractivity contribution in [2.45, 2.75) is 63.9 Å². The van der Waals surface area contributed by atoms with Crippen LogP contribution in [0.5, 0.6) is 0 Å². The van der Waals surface area contributed by atoms with E-state index in [2.05, 4.69) is 32.3 Å². The normalized spacial score (nSPS) is 26.6. The van der Waals surface area contributed by atoms with Gasteiger partial charge < -0.3 is 4.90 Å². The van der Waals surface area contributed by atoms with E-state index in [9.17, 15) is 4.79 Å². The van der Waals surface area contributed by atoms with Crippen molar-refractivity contribution in [1.29, 1.82) is 0 Å². The van der Waals surface area contributed by atoms with Crippen molar-refractivity contribution in [2.75, 3.05) is 12.8 Å². The summed E-state index contributed by atoms with van der Waals surface area (Å²) < 4.78 is 0. The van der Waals surface area contributed by atoms with Crippen LogP contribution >= 0.6 is 11.8 Å². The largest absolute Gasteiger partial charge is 0.326 e. The third-order valence-corrected chi connectivity index (χ3v) is 4.56. The van der Waals surface area contributed by atoms with Crippen molar-refractivity contribution in [3.8, 4) is 0 Å². The maximum atomic E-state index is 12.2. The van der Waals surface area contributed by atoms with Crippen LogP contribution in [-0.2, 0) is 4.79 Å². The van der Waals surface area contributed by atoms with Crippen molar-refractivity contribution in [2.24, 2.45) is 0 Å². The number of amides is 1. The third kappa shape index (κ3) is 4.18. The number of thioether (sulfide) groups is 1. The number of nitrogens with zero attached hydrogens (tertiary/aromatic N) is 1. The molecule has 0 aliphatic carbocycles. The van der Waals surface area contributed by atoms with Crippen LogP contribution in [-0.4, -0.2) is 41.1 Å². The topological polar surface area (TPSA) is 32.3 Å². The second-order valence-corrected chi connectivity index (χ2v) is 6.18. The van der Waals surface area contributed by atoms with Crippen molar-refractivity contribution in [1.82, 2.24) is 10.2 Å². The molecule has 0 aromatic carbocycles. The lowest BCUT2D eigenvalue weighted by atomic mass is 10.1. The molecule has 1 heterocycles. The molecule has 1 amide bonds. The first-order chi connectivity index (χ1) is 8.10. The Morgan fingerprint density at radius 1 is 1.53 bits per heavy atom. The molecule has 1 aliphatic heterocycles. The van der Waals surface area contributed by atoms with Gasteiger partial charge in [0, 0.05) is 11.8 Å². The zero-order valence-electron chi connectivity index (χ0n) is 11.5. The molecule has 0 saturated carbocycles. The summed E-state index contributed by atoms with van der Waals surface area (Å²) in [4.78, 5) is 14.2. The fourth-order valence-electron chi connectivity index (χ4n) is 2.20. The predicted octanol–water partition coefficient (Wildman–Crippen LogP) is 2.46. The van der Waals surface area contributed by atoms with E-state index in [0.29, 0.717) is 11.2 Å². The molecule has 17 heavy (non-hydrogen) atoms. The van der Waals surface area contributed by atoms with Crippen molar-refractivity contribution in [3.05, 3.63) is 0 Å². The summed E-state index contributed by atoms with van der Waals surface area (Å²) in [5.41, 5.74) is 0. The Labute approximate surface area is 110 Å². The number of unbranched alkanes of at least 4 members (excludes halogenated alkanes) is 1. The van der Waals surface area contributed by atoms with Crippen LogP contribution in [0.3, 0.4) is 0 Å². The fraction of sp³-hybridized carbons (Fsp3) is 0.923. The third-order valence-electron chi connectivity index (χ3n) is 3.52. The molecule has 0 bridgehead atoms. The quantitative estimate of drug-likeness (QED) is 0.761. The summed E-state index contributed by atoms with van der Waals surface area (Å²) in [6, 6.07) is 0.0644. The first-order valence-corrected chi connectivity index (χ1v) is 7.98. The Hall–Kier alpha value is -0.220. The van der Waals surface area contributed by atoms with Gasteiger partial charge in [-0.2, -0.15) is 11.8 Å². The minimum absolute atomic E-state index is 0.0644. The highest BCUT2D eigenvalue weighted by atomic mass is 32.2. The number of hydrogen-bond acceptors (Lipinski definition) is 3. The van der Waals surface area contributed by atoms with Gasteiger partial charge >= 0.3 is 0 Å². The molecule has 100 valence electrons. The molecule has 1 saturated heterocycles. The molecule has 3 atom stereocenters. The molecular weight excluding hydrogens is 232 g/mol. The summed E-state index contributed by atoms with van der Waals surface area (Å²) in [5.74, 6) is 0.305. The first kappa shape index (κ1) is 14.8. The van der Waals surface area contributed by atoms with Crippen molar-refractivity contribution >= 4 is 17.7 Å². The van der Waals surface area contributed by atoms with E-state index in [-0.39, 0.29) is 12.2 Å². The Morgan fingerprint density at radius 2 is 2.24 bits per heavy atom. The Bertz CT molecular complexity index is 248. The minimum Gasteiger partial charge on any atom is -0.326 e. The zero-order chi connectivity index (χ0) is 12.8. The molecule has 3 nitrogen and oxygen atoms in total. The van der Waals surface area contributed by atoms with Crippen LogP contribution in [0, 0.1) is 0 Å². The molecule has 1 N–H and O–H groups in total. The van der Waals surface area contributed by atoms with Gasteiger partial charge in [0.1, 0.15) is 0 Å². The van der Waals surface area contributed by atoms with Crippen LogP contribution in [0.4, 0.5) is 0 Å². The van der Waals surface area contributed by atoms with Gasteiger partial charge in [-0.3, -0.25) is 10.1 Å². The fourth-order valence-corrected chi connectivity index (χ4v) is 2.54. The lowest BCUT2D eigenvalue weighted by Crippen LogP contribution is -2.36. The highest BCUT2D eigenvalue weighted by molar-refractivity contribution is 7.99. The van der Waals surface area contributed by atoms with Crippen LogP contribution in [0.1, 0.15) is 46.5 Å². The molecule has 4 heteroatoms. The van der Waals surface area contributed by atoms with Gasteiger partial charge in [0.25, 0.3) is 0 Å². The zero-order valence-corrected chi connectivity index (χ0v) is 12.3. The second-order valence-electron chi connectivity index (χ2n) is 4.90. The van der Waals surface area contributed by atoms with E-state index < -0.39 is 0 Å². The Kier molecular flexibility index (Phi) is 6.34. The van der Waals surface area contributed by atoms with Crippen molar-refractivity contribution < 1.29 is 4.79 Å². The smallest absolute Gasteiger partial charge is 0.241 e. The van der Waals surface area contributed by atoms with E-state index in [4.69, 9.17) is 0 Å². The van der Waals surface area contributed by atoms with E-state index in [1.165, 1.54) is 0 Å². The Balaban J connectivity index is 2.42. The van der Waals surface area contributed by atoms with Crippen molar-refractivity contribution in [3.63, 3.8) is 0 Å². The number of carbonyl (C=O) groups excluding carboxylic acids is 1. The van der Waals surface area contributed by atoms with Crippen LogP contribution in [0.25, 0.3) is 0 Å². The van der Waals surface area contributed by atoms with Gasteiger partial charge in [-0.25, -0.2) is 0 Å². The molecular formula is C13H26N2OS. The van der Waals surface area contributed by atoms with E-state index >= 15 is 0 Å². The summed E-state index contributed by atoms with van der Waals surface area (Å²) in [6.07, 6.45) is 6.68. The maximum Gasteiger partial charge on any atom is 0.241 e.